The second kappa shape index (κ2) is 11.9. The maximum absolute atomic E-state index is 11.3. The third-order valence-electron chi connectivity index (χ3n) is 3.12. The Kier molecular flexibility index (Phi) is 11.8. The Labute approximate surface area is 118 Å². The lowest BCUT2D eigenvalue weighted by molar-refractivity contribution is -0.147. The van der Waals surface area contributed by atoms with Gasteiger partial charge < -0.3 is 4.74 Å². The summed E-state index contributed by atoms with van der Waals surface area (Å²) >= 11 is 4.06. The molecule has 0 fully saturated rings. The Balaban J connectivity index is 3.30. The first-order chi connectivity index (χ1) is 8.57. The highest BCUT2D eigenvalue weighted by Gasteiger charge is 2.13. The number of thiol groups is 1. The lowest BCUT2D eigenvalue weighted by Crippen LogP contribution is -2.20. The minimum atomic E-state index is -0.314. The lowest BCUT2D eigenvalue weighted by Gasteiger charge is -2.14. The van der Waals surface area contributed by atoms with Crippen molar-refractivity contribution >= 4 is 18.6 Å². The van der Waals surface area contributed by atoms with Crippen molar-refractivity contribution in [1.29, 1.82) is 0 Å². The monoisotopic (exact) mass is 274 g/mol. The number of carbonyl (C=O) groups is 1. The van der Waals surface area contributed by atoms with Crippen LogP contribution in [0.5, 0.6) is 0 Å². The fourth-order valence-corrected chi connectivity index (χ4v) is 1.98. The summed E-state index contributed by atoms with van der Waals surface area (Å²) in [6, 6.07) is 0. The number of ether oxygens (including phenoxy) is 1. The van der Waals surface area contributed by atoms with Crippen LogP contribution in [0.15, 0.2) is 0 Å². The molecule has 0 saturated carbocycles. The van der Waals surface area contributed by atoms with Gasteiger partial charge in [0.2, 0.25) is 0 Å². The molecule has 3 heteroatoms. The van der Waals surface area contributed by atoms with Crippen LogP contribution in [0.25, 0.3) is 0 Å². The summed E-state index contributed by atoms with van der Waals surface area (Å²) in [4.78, 5) is 11.3. The van der Waals surface area contributed by atoms with Crippen LogP contribution < -0.4 is 0 Å². The van der Waals surface area contributed by atoms with Crippen molar-refractivity contribution in [2.75, 3.05) is 0 Å². The SMILES string of the molecule is CCCCCCCCCCC(C)OC(=O)C(C)S. The zero-order valence-electron chi connectivity index (χ0n) is 12.3. The van der Waals surface area contributed by atoms with E-state index < -0.39 is 0 Å². The van der Waals surface area contributed by atoms with Crippen molar-refractivity contribution in [3.8, 4) is 0 Å². The van der Waals surface area contributed by atoms with Crippen molar-refractivity contribution < 1.29 is 9.53 Å². The van der Waals surface area contributed by atoms with Gasteiger partial charge in [0.1, 0.15) is 0 Å². The summed E-state index contributed by atoms with van der Waals surface area (Å²) in [5, 5.41) is -0.314. The predicted molar refractivity (Wildman–Crippen MR) is 81.2 cm³/mol. The average Bonchev–Trinajstić information content (AvgIpc) is 2.32. The largest absolute Gasteiger partial charge is 0.462 e. The molecule has 0 heterocycles. The standard InChI is InChI=1S/C15H30O2S/c1-4-5-6-7-8-9-10-11-12-13(2)17-15(16)14(3)18/h13-14,18H,4-12H2,1-3H3. The Morgan fingerprint density at radius 2 is 1.50 bits per heavy atom. The molecule has 2 nitrogen and oxygen atoms in total. The minimum absolute atomic E-state index is 0.0344. The van der Waals surface area contributed by atoms with E-state index in [1.165, 1.54) is 44.9 Å². The highest BCUT2D eigenvalue weighted by molar-refractivity contribution is 7.81. The molecule has 0 N–H and O–H groups in total. The zero-order valence-corrected chi connectivity index (χ0v) is 13.2. The van der Waals surface area contributed by atoms with Gasteiger partial charge in [0.15, 0.2) is 0 Å². The molecule has 0 aliphatic heterocycles. The highest BCUT2D eigenvalue weighted by Crippen LogP contribution is 2.12. The van der Waals surface area contributed by atoms with Crippen LogP contribution in [0.1, 0.15) is 78.6 Å². The Morgan fingerprint density at radius 1 is 1.00 bits per heavy atom. The summed E-state index contributed by atoms with van der Waals surface area (Å²) in [7, 11) is 0. The molecule has 0 aromatic rings. The topological polar surface area (TPSA) is 26.3 Å². The predicted octanol–water partition coefficient (Wildman–Crippen LogP) is 4.77. The van der Waals surface area contributed by atoms with Crippen LogP contribution in [0.2, 0.25) is 0 Å². The van der Waals surface area contributed by atoms with Crippen molar-refractivity contribution in [2.24, 2.45) is 0 Å². The summed E-state index contributed by atoms with van der Waals surface area (Å²) in [6.45, 7) is 5.96. The molecule has 0 spiro atoms. The van der Waals surface area contributed by atoms with Gasteiger partial charge in [-0.25, -0.2) is 0 Å². The van der Waals surface area contributed by atoms with E-state index in [1.54, 1.807) is 6.92 Å². The summed E-state index contributed by atoms with van der Waals surface area (Å²) < 4.78 is 5.26. The molecule has 18 heavy (non-hydrogen) atoms. The maximum atomic E-state index is 11.3. The molecule has 0 amide bonds. The molecule has 2 atom stereocenters. The van der Waals surface area contributed by atoms with E-state index in [4.69, 9.17) is 4.74 Å². The van der Waals surface area contributed by atoms with Crippen LogP contribution >= 0.6 is 12.6 Å². The molecule has 0 bridgehead atoms. The summed E-state index contributed by atoms with van der Waals surface area (Å²) in [6.07, 6.45) is 11.5. The van der Waals surface area contributed by atoms with E-state index >= 15 is 0 Å². The average molecular weight is 274 g/mol. The Morgan fingerprint density at radius 3 is 2.00 bits per heavy atom. The first kappa shape index (κ1) is 17.8. The molecule has 0 aromatic heterocycles. The van der Waals surface area contributed by atoms with E-state index in [1.807, 2.05) is 6.92 Å². The lowest BCUT2D eigenvalue weighted by atomic mass is 10.1. The molecule has 0 aliphatic rings. The number of hydrogen-bond donors (Lipinski definition) is 1. The van der Waals surface area contributed by atoms with Crippen molar-refractivity contribution in [1.82, 2.24) is 0 Å². The molecule has 0 aliphatic carbocycles. The number of esters is 1. The van der Waals surface area contributed by atoms with Crippen molar-refractivity contribution in [2.45, 2.75) is 89.9 Å². The molecule has 0 rings (SSSR count). The second-order valence-corrected chi connectivity index (χ2v) is 5.96. The van der Waals surface area contributed by atoms with Gasteiger partial charge >= 0.3 is 5.97 Å². The molecule has 0 aromatic carbocycles. The van der Waals surface area contributed by atoms with Gasteiger partial charge in [0, 0.05) is 0 Å². The van der Waals surface area contributed by atoms with Gasteiger partial charge in [0.05, 0.1) is 11.4 Å². The van der Waals surface area contributed by atoms with Gasteiger partial charge in [-0.1, -0.05) is 51.9 Å². The summed E-state index contributed by atoms with van der Waals surface area (Å²) in [5.74, 6) is -0.203. The zero-order chi connectivity index (χ0) is 13.8. The van der Waals surface area contributed by atoms with Gasteiger partial charge in [0.25, 0.3) is 0 Å². The molecular formula is C15H30O2S. The molecular weight excluding hydrogens is 244 g/mol. The number of hydrogen-bond acceptors (Lipinski definition) is 3. The van der Waals surface area contributed by atoms with E-state index in [-0.39, 0.29) is 17.3 Å². The van der Waals surface area contributed by atoms with E-state index in [2.05, 4.69) is 19.6 Å². The summed E-state index contributed by atoms with van der Waals surface area (Å²) in [5.41, 5.74) is 0. The quantitative estimate of drug-likeness (QED) is 0.334. The smallest absolute Gasteiger partial charge is 0.318 e. The van der Waals surface area contributed by atoms with Crippen molar-refractivity contribution in [3.63, 3.8) is 0 Å². The number of carbonyl (C=O) groups excluding carboxylic acids is 1. The molecule has 0 radical (unpaired) electrons. The maximum Gasteiger partial charge on any atom is 0.318 e. The van der Waals surface area contributed by atoms with Crippen LogP contribution in [0, 0.1) is 0 Å². The molecule has 108 valence electrons. The van der Waals surface area contributed by atoms with Crippen LogP contribution in [0.3, 0.4) is 0 Å². The Bertz CT molecular complexity index is 205. The first-order valence-electron chi connectivity index (χ1n) is 7.46. The third-order valence-corrected chi connectivity index (χ3v) is 3.33. The fraction of sp³-hybridized carbons (Fsp3) is 0.933. The van der Waals surface area contributed by atoms with Gasteiger partial charge in [-0.15, -0.1) is 0 Å². The highest BCUT2D eigenvalue weighted by atomic mass is 32.1. The van der Waals surface area contributed by atoms with Gasteiger partial charge in [-0.3, -0.25) is 4.79 Å². The van der Waals surface area contributed by atoms with Gasteiger partial charge in [-0.05, 0) is 26.7 Å². The normalized spacial score (nSPS) is 14.2. The number of rotatable bonds is 11. The molecule has 0 saturated heterocycles. The van der Waals surface area contributed by atoms with Crippen molar-refractivity contribution in [3.05, 3.63) is 0 Å². The van der Waals surface area contributed by atoms with Crippen LogP contribution in [-0.4, -0.2) is 17.3 Å². The first-order valence-corrected chi connectivity index (χ1v) is 7.98. The number of unbranched alkanes of at least 4 members (excludes halogenated alkanes) is 7. The van der Waals surface area contributed by atoms with E-state index in [9.17, 15) is 4.79 Å². The van der Waals surface area contributed by atoms with Crippen LogP contribution in [0.4, 0.5) is 0 Å². The third kappa shape index (κ3) is 10.9. The molecule has 2 unspecified atom stereocenters. The Hall–Kier alpha value is -0.180. The second-order valence-electron chi connectivity index (χ2n) is 5.19. The fourth-order valence-electron chi connectivity index (χ4n) is 1.92. The van der Waals surface area contributed by atoms with E-state index in [0.717, 1.165) is 12.8 Å². The van der Waals surface area contributed by atoms with Gasteiger partial charge in [-0.2, -0.15) is 12.6 Å². The van der Waals surface area contributed by atoms with E-state index in [0.29, 0.717) is 0 Å². The minimum Gasteiger partial charge on any atom is -0.462 e. The van der Waals surface area contributed by atoms with Crippen LogP contribution in [-0.2, 0) is 9.53 Å².